The molecule has 0 aliphatic carbocycles. The second kappa shape index (κ2) is 5.73. The SMILES string of the molecule is CC[C@@H](CO)N[C@@H](C)c1cccnc1. The van der Waals surface area contributed by atoms with Crippen LogP contribution >= 0.6 is 0 Å². The second-order valence-electron chi connectivity index (χ2n) is 3.46. The monoisotopic (exact) mass is 194 g/mol. The van der Waals surface area contributed by atoms with Crippen LogP contribution in [0.4, 0.5) is 0 Å². The molecule has 0 aromatic carbocycles. The van der Waals surface area contributed by atoms with Crippen molar-refractivity contribution in [2.45, 2.75) is 32.4 Å². The minimum atomic E-state index is 0.171. The van der Waals surface area contributed by atoms with Gasteiger partial charge in [0.1, 0.15) is 0 Å². The molecule has 0 saturated heterocycles. The number of rotatable bonds is 5. The first kappa shape index (κ1) is 11.1. The summed E-state index contributed by atoms with van der Waals surface area (Å²) < 4.78 is 0. The molecule has 0 amide bonds. The lowest BCUT2D eigenvalue weighted by molar-refractivity contribution is 0.230. The van der Waals surface area contributed by atoms with Gasteiger partial charge in [-0.3, -0.25) is 4.98 Å². The maximum Gasteiger partial charge on any atom is 0.0584 e. The fraction of sp³-hybridized carbons (Fsp3) is 0.545. The average Bonchev–Trinajstić information content (AvgIpc) is 2.26. The number of aliphatic hydroxyl groups is 1. The van der Waals surface area contributed by atoms with E-state index in [-0.39, 0.29) is 18.7 Å². The second-order valence-corrected chi connectivity index (χ2v) is 3.46. The van der Waals surface area contributed by atoms with E-state index < -0.39 is 0 Å². The molecule has 0 radical (unpaired) electrons. The number of aromatic nitrogens is 1. The zero-order chi connectivity index (χ0) is 10.4. The van der Waals surface area contributed by atoms with Gasteiger partial charge in [-0.05, 0) is 25.0 Å². The zero-order valence-electron chi connectivity index (χ0n) is 8.77. The van der Waals surface area contributed by atoms with Gasteiger partial charge in [0.15, 0.2) is 0 Å². The molecular weight excluding hydrogens is 176 g/mol. The van der Waals surface area contributed by atoms with Crippen LogP contribution in [0.15, 0.2) is 24.5 Å². The largest absolute Gasteiger partial charge is 0.395 e. The van der Waals surface area contributed by atoms with Crippen molar-refractivity contribution < 1.29 is 5.11 Å². The highest BCUT2D eigenvalue weighted by Crippen LogP contribution is 2.11. The van der Waals surface area contributed by atoms with E-state index in [0.717, 1.165) is 12.0 Å². The van der Waals surface area contributed by atoms with Crippen molar-refractivity contribution in [1.82, 2.24) is 10.3 Å². The number of hydrogen-bond donors (Lipinski definition) is 2. The van der Waals surface area contributed by atoms with Crippen LogP contribution in [0.1, 0.15) is 31.9 Å². The van der Waals surface area contributed by atoms with E-state index in [0.29, 0.717) is 0 Å². The van der Waals surface area contributed by atoms with E-state index in [9.17, 15) is 0 Å². The van der Waals surface area contributed by atoms with Crippen LogP contribution < -0.4 is 5.32 Å². The summed E-state index contributed by atoms with van der Waals surface area (Å²) in [5, 5.41) is 12.4. The Morgan fingerprint density at radius 1 is 1.57 bits per heavy atom. The van der Waals surface area contributed by atoms with Crippen LogP contribution in [-0.2, 0) is 0 Å². The van der Waals surface area contributed by atoms with Crippen molar-refractivity contribution in [3.63, 3.8) is 0 Å². The van der Waals surface area contributed by atoms with Crippen LogP contribution in [0.2, 0.25) is 0 Å². The molecule has 1 aromatic rings. The Bertz CT molecular complexity index is 247. The van der Waals surface area contributed by atoms with Crippen LogP contribution in [0.5, 0.6) is 0 Å². The third kappa shape index (κ3) is 3.09. The minimum absolute atomic E-state index is 0.171. The summed E-state index contributed by atoms with van der Waals surface area (Å²) >= 11 is 0. The number of aliphatic hydroxyl groups excluding tert-OH is 1. The van der Waals surface area contributed by atoms with E-state index in [2.05, 4.69) is 24.1 Å². The van der Waals surface area contributed by atoms with E-state index in [1.54, 1.807) is 6.20 Å². The topological polar surface area (TPSA) is 45.1 Å². The maximum absolute atomic E-state index is 9.04. The molecule has 2 N–H and O–H groups in total. The first-order chi connectivity index (χ1) is 6.77. The van der Waals surface area contributed by atoms with Crippen molar-refractivity contribution in [3.05, 3.63) is 30.1 Å². The van der Waals surface area contributed by atoms with Crippen molar-refractivity contribution in [1.29, 1.82) is 0 Å². The molecule has 1 heterocycles. The quantitative estimate of drug-likeness (QED) is 0.746. The summed E-state index contributed by atoms with van der Waals surface area (Å²) in [6.07, 6.45) is 4.54. The fourth-order valence-electron chi connectivity index (χ4n) is 1.38. The maximum atomic E-state index is 9.04. The molecule has 3 heteroatoms. The molecule has 0 aliphatic rings. The summed E-state index contributed by atoms with van der Waals surface area (Å²) in [7, 11) is 0. The number of nitrogens with zero attached hydrogens (tertiary/aromatic N) is 1. The molecule has 0 bridgehead atoms. The Balaban J connectivity index is 2.54. The summed E-state index contributed by atoms with van der Waals surface area (Å²) in [5.41, 5.74) is 1.15. The van der Waals surface area contributed by atoms with Gasteiger partial charge in [0.05, 0.1) is 6.61 Å². The third-order valence-corrected chi connectivity index (χ3v) is 2.38. The highest BCUT2D eigenvalue weighted by molar-refractivity contribution is 5.12. The molecule has 14 heavy (non-hydrogen) atoms. The van der Waals surface area contributed by atoms with E-state index in [4.69, 9.17) is 5.11 Å². The Labute approximate surface area is 85.2 Å². The highest BCUT2D eigenvalue weighted by atomic mass is 16.3. The molecule has 0 saturated carbocycles. The van der Waals surface area contributed by atoms with Gasteiger partial charge >= 0.3 is 0 Å². The van der Waals surface area contributed by atoms with E-state index >= 15 is 0 Å². The van der Waals surface area contributed by atoms with E-state index in [1.807, 2.05) is 18.3 Å². The van der Waals surface area contributed by atoms with Gasteiger partial charge in [0.25, 0.3) is 0 Å². The Kier molecular flexibility index (Phi) is 4.56. The first-order valence-corrected chi connectivity index (χ1v) is 5.04. The average molecular weight is 194 g/mol. The lowest BCUT2D eigenvalue weighted by Gasteiger charge is -2.20. The third-order valence-electron chi connectivity index (χ3n) is 2.38. The van der Waals surface area contributed by atoms with Gasteiger partial charge in [-0.25, -0.2) is 0 Å². The van der Waals surface area contributed by atoms with Crippen molar-refractivity contribution in [2.75, 3.05) is 6.61 Å². The predicted molar refractivity (Wildman–Crippen MR) is 57.0 cm³/mol. The van der Waals surface area contributed by atoms with Gasteiger partial charge < -0.3 is 10.4 Å². The smallest absolute Gasteiger partial charge is 0.0584 e. The molecule has 1 aromatic heterocycles. The zero-order valence-corrected chi connectivity index (χ0v) is 8.77. The van der Waals surface area contributed by atoms with Crippen LogP contribution in [0, 0.1) is 0 Å². The highest BCUT2D eigenvalue weighted by Gasteiger charge is 2.10. The molecular formula is C11H18N2O. The Morgan fingerprint density at radius 2 is 2.36 bits per heavy atom. The van der Waals surface area contributed by atoms with E-state index in [1.165, 1.54) is 0 Å². The van der Waals surface area contributed by atoms with Gasteiger partial charge in [-0.15, -0.1) is 0 Å². The molecule has 2 atom stereocenters. The molecule has 0 spiro atoms. The lowest BCUT2D eigenvalue weighted by Crippen LogP contribution is -2.33. The Hall–Kier alpha value is -0.930. The Morgan fingerprint density at radius 3 is 2.86 bits per heavy atom. The fourth-order valence-corrected chi connectivity index (χ4v) is 1.38. The number of pyridine rings is 1. The number of hydrogen-bond acceptors (Lipinski definition) is 3. The molecule has 78 valence electrons. The molecule has 1 rings (SSSR count). The van der Waals surface area contributed by atoms with Gasteiger partial charge in [-0.1, -0.05) is 13.0 Å². The molecule has 0 aliphatic heterocycles. The summed E-state index contributed by atoms with van der Waals surface area (Å²) in [6.45, 7) is 4.32. The van der Waals surface area contributed by atoms with Gasteiger partial charge in [0, 0.05) is 24.5 Å². The van der Waals surface area contributed by atoms with Crippen LogP contribution in [-0.4, -0.2) is 22.7 Å². The normalized spacial score (nSPS) is 15.1. The van der Waals surface area contributed by atoms with Crippen LogP contribution in [0.3, 0.4) is 0 Å². The minimum Gasteiger partial charge on any atom is -0.395 e. The van der Waals surface area contributed by atoms with Gasteiger partial charge in [-0.2, -0.15) is 0 Å². The standard InChI is InChI=1S/C11H18N2O/c1-3-11(8-14)13-9(2)10-5-4-6-12-7-10/h4-7,9,11,13-14H,3,8H2,1-2H3/t9-,11-/m0/s1. The first-order valence-electron chi connectivity index (χ1n) is 5.04. The summed E-state index contributed by atoms with van der Waals surface area (Å²) in [4.78, 5) is 4.06. The molecule has 0 unspecified atom stereocenters. The lowest BCUT2D eigenvalue weighted by atomic mass is 10.1. The van der Waals surface area contributed by atoms with Gasteiger partial charge in [0.2, 0.25) is 0 Å². The van der Waals surface area contributed by atoms with Crippen molar-refractivity contribution >= 4 is 0 Å². The molecule has 3 nitrogen and oxygen atoms in total. The van der Waals surface area contributed by atoms with Crippen molar-refractivity contribution in [2.24, 2.45) is 0 Å². The summed E-state index contributed by atoms with van der Waals surface area (Å²) in [6, 6.07) is 4.37. The molecule has 0 fully saturated rings. The summed E-state index contributed by atoms with van der Waals surface area (Å²) in [5.74, 6) is 0. The predicted octanol–water partition coefficient (Wildman–Crippen LogP) is 1.50. The number of nitrogens with one attached hydrogen (secondary N) is 1. The van der Waals surface area contributed by atoms with Crippen LogP contribution in [0.25, 0.3) is 0 Å². The van der Waals surface area contributed by atoms with Crippen molar-refractivity contribution in [3.8, 4) is 0 Å².